The minimum Gasteiger partial charge on any atom is -0.374 e. The zero-order chi connectivity index (χ0) is 13.0. The van der Waals surface area contributed by atoms with E-state index >= 15 is 0 Å². The van der Waals surface area contributed by atoms with Gasteiger partial charge in [-0.2, -0.15) is 0 Å². The number of benzene rings is 1. The fourth-order valence-corrected chi connectivity index (χ4v) is 2.16. The Morgan fingerprint density at radius 1 is 1.41 bits per heavy atom. The van der Waals surface area contributed by atoms with E-state index in [0.29, 0.717) is 23.7 Å². The molecule has 1 atom stereocenters. The van der Waals surface area contributed by atoms with Crippen LogP contribution in [0.15, 0.2) is 18.2 Å². The van der Waals surface area contributed by atoms with E-state index in [1.54, 1.807) is 23.1 Å². The molecule has 5 heteroatoms. The van der Waals surface area contributed by atoms with Crippen LogP contribution in [0.1, 0.15) is 36.0 Å². The summed E-state index contributed by atoms with van der Waals surface area (Å²) in [5, 5.41) is 9.95. The monoisotopic (exact) mass is 275 g/mol. The summed E-state index contributed by atoms with van der Waals surface area (Å²) in [5.74, 6) is 0. The molecule has 0 aliphatic carbocycles. The number of nitrogens with zero attached hydrogens (tertiary/aromatic N) is 1. The molecular weight excluding hydrogens is 261 g/mol. The van der Waals surface area contributed by atoms with Crippen LogP contribution < -0.4 is 0 Å². The summed E-state index contributed by atoms with van der Waals surface area (Å²) < 4.78 is 0. The van der Waals surface area contributed by atoms with Crippen molar-refractivity contribution in [2.45, 2.75) is 20.1 Å². The Hall–Kier alpha value is -0.610. The summed E-state index contributed by atoms with van der Waals surface area (Å²) in [6.07, 6.45) is -0.920. The van der Waals surface area contributed by atoms with Crippen LogP contribution in [-0.4, -0.2) is 28.3 Å². The van der Waals surface area contributed by atoms with Crippen molar-refractivity contribution in [2.75, 3.05) is 13.1 Å². The van der Waals surface area contributed by atoms with E-state index in [1.165, 1.54) is 0 Å². The van der Waals surface area contributed by atoms with Crippen LogP contribution in [0.25, 0.3) is 0 Å². The first-order valence-corrected chi connectivity index (χ1v) is 6.18. The van der Waals surface area contributed by atoms with Crippen molar-refractivity contribution in [1.29, 1.82) is 0 Å². The van der Waals surface area contributed by atoms with Crippen molar-refractivity contribution in [3.8, 4) is 0 Å². The van der Waals surface area contributed by atoms with Crippen LogP contribution in [0.3, 0.4) is 0 Å². The van der Waals surface area contributed by atoms with E-state index in [2.05, 4.69) is 0 Å². The van der Waals surface area contributed by atoms with Gasteiger partial charge in [-0.05, 0) is 36.8 Å². The first-order valence-electron chi connectivity index (χ1n) is 5.43. The molecule has 1 N–H and O–H groups in total. The predicted octanol–water partition coefficient (Wildman–Crippen LogP) is 3.05. The van der Waals surface area contributed by atoms with Gasteiger partial charge in [-0.15, -0.1) is 0 Å². The average Bonchev–Trinajstić information content (AvgIpc) is 2.29. The van der Waals surface area contributed by atoms with Crippen LogP contribution >= 0.6 is 23.2 Å². The standard InChI is InChI=1S/C12H15Cl2NO2/c1-3-15(4-2)12(17)10-8(11(14)16)6-5-7-9(10)13/h5-7,12,17H,3-4H2,1-2H3. The molecule has 0 aromatic heterocycles. The first-order chi connectivity index (χ1) is 8.02. The Bertz CT molecular complexity index is 405. The number of hydrogen-bond acceptors (Lipinski definition) is 3. The van der Waals surface area contributed by atoms with E-state index in [1.807, 2.05) is 13.8 Å². The summed E-state index contributed by atoms with van der Waals surface area (Å²) in [4.78, 5) is 13.1. The molecule has 0 aliphatic rings. The highest BCUT2D eigenvalue weighted by molar-refractivity contribution is 6.68. The predicted molar refractivity (Wildman–Crippen MR) is 69.5 cm³/mol. The van der Waals surface area contributed by atoms with Gasteiger partial charge in [0, 0.05) is 16.1 Å². The fraction of sp³-hybridized carbons (Fsp3) is 0.417. The molecule has 0 fully saturated rings. The van der Waals surface area contributed by atoms with Gasteiger partial charge in [0.05, 0.1) is 0 Å². The Kier molecular flexibility index (Phi) is 5.40. The molecule has 0 radical (unpaired) electrons. The normalized spacial score (nSPS) is 12.8. The van der Waals surface area contributed by atoms with Crippen molar-refractivity contribution in [3.05, 3.63) is 34.3 Å². The van der Waals surface area contributed by atoms with E-state index < -0.39 is 11.5 Å². The molecule has 0 heterocycles. The number of halogens is 2. The largest absolute Gasteiger partial charge is 0.374 e. The number of carbonyl (C=O) groups excluding carboxylic acids is 1. The van der Waals surface area contributed by atoms with E-state index in [-0.39, 0.29) is 5.56 Å². The van der Waals surface area contributed by atoms with Gasteiger partial charge in [-0.1, -0.05) is 31.5 Å². The summed E-state index contributed by atoms with van der Waals surface area (Å²) in [6, 6.07) is 4.83. The molecule has 0 aliphatic heterocycles. The highest BCUT2D eigenvalue weighted by Gasteiger charge is 2.23. The van der Waals surface area contributed by atoms with E-state index in [9.17, 15) is 9.90 Å². The fourth-order valence-electron chi connectivity index (χ4n) is 1.72. The molecule has 1 aromatic carbocycles. The second kappa shape index (κ2) is 6.36. The molecule has 94 valence electrons. The Balaban J connectivity index is 3.23. The Morgan fingerprint density at radius 2 is 2.00 bits per heavy atom. The smallest absolute Gasteiger partial charge is 0.252 e. The topological polar surface area (TPSA) is 40.5 Å². The first kappa shape index (κ1) is 14.5. The van der Waals surface area contributed by atoms with Gasteiger partial charge in [0.25, 0.3) is 5.24 Å². The minimum absolute atomic E-state index is 0.249. The number of rotatable bonds is 5. The molecule has 0 saturated carbocycles. The van der Waals surface area contributed by atoms with Crippen molar-refractivity contribution < 1.29 is 9.90 Å². The molecule has 3 nitrogen and oxygen atoms in total. The molecular formula is C12H15Cl2NO2. The van der Waals surface area contributed by atoms with Crippen LogP contribution in [0, 0.1) is 0 Å². The van der Waals surface area contributed by atoms with Gasteiger partial charge in [-0.3, -0.25) is 9.69 Å². The van der Waals surface area contributed by atoms with Crippen LogP contribution in [-0.2, 0) is 0 Å². The number of carbonyl (C=O) groups is 1. The van der Waals surface area contributed by atoms with Crippen LogP contribution in [0.2, 0.25) is 5.02 Å². The summed E-state index contributed by atoms with van der Waals surface area (Å²) in [5.41, 5.74) is 0.622. The third-order valence-electron chi connectivity index (χ3n) is 2.68. The lowest BCUT2D eigenvalue weighted by molar-refractivity contribution is 0.00859. The third-order valence-corrected chi connectivity index (χ3v) is 3.21. The van der Waals surface area contributed by atoms with Gasteiger partial charge in [0.2, 0.25) is 0 Å². The van der Waals surface area contributed by atoms with Gasteiger partial charge in [0.15, 0.2) is 0 Å². The van der Waals surface area contributed by atoms with Crippen molar-refractivity contribution in [3.63, 3.8) is 0 Å². The molecule has 0 spiro atoms. The minimum atomic E-state index is -0.920. The molecule has 17 heavy (non-hydrogen) atoms. The number of aliphatic hydroxyl groups excluding tert-OH is 1. The average molecular weight is 276 g/mol. The molecule has 0 saturated heterocycles. The van der Waals surface area contributed by atoms with Gasteiger partial charge in [-0.25, -0.2) is 0 Å². The maximum atomic E-state index is 11.3. The maximum Gasteiger partial charge on any atom is 0.252 e. The summed E-state index contributed by atoms with van der Waals surface area (Å²) >= 11 is 11.5. The Morgan fingerprint density at radius 3 is 2.47 bits per heavy atom. The molecule has 1 unspecified atom stereocenters. The van der Waals surface area contributed by atoms with E-state index in [4.69, 9.17) is 23.2 Å². The molecule has 0 amide bonds. The van der Waals surface area contributed by atoms with Crippen molar-refractivity contribution in [1.82, 2.24) is 4.90 Å². The highest BCUT2D eigenvalue weighted by Crippen LogP contribution is 2.29. The van der Waals surface area contributed by atoms with E-state index in [0.717, 1.165) is 0 Å². The second-order valence-corrected chi connectivity index (χ2v) is 4.32. The zero-order valence-corrected chi connectivity index (χ0v) is 11.3. The summed E-state index contributed by atoms with van der Waals surface area (Å²) in [6.45, 7) is 5.15. The maximum absolute atomic E-state index is 11.3. The van der Waals surface area contributed by atoms with Crippen LogP contribution in [0.4, 0.5) is 0 Å². The van der Waals surface area contributed by atoms with Crippen LogP contribution in [0.5, 0.6) is 0 Å². The number of hydrogen-bond donors (Lipinski definition) is 1. The lowest BCUT2D eigenvalue weighted by Gasteiger charge is -2.27. The van der Waals surface area contributed by atoms with Gasteiger partial charge >= 0.3 is 0 Å². The van der Waals surface area contributed by atoms with Gasteiger partial charge < -0.3 is 5.11 Å². The third kappa shape index (κ3) is 3.19. The second-order valence-electron chi connectivity index (χ2n) is 3.57. The number of aliphatic hydroxyl groups is 1. The highest BCUT2D eigenvalue weighted by atomic mass is 35.5. The summed E-state index contributed by atoms with van der Waals surface area (Å²) in [7, 11) is 0. The van der Waals surface area contributed by atoms with Crippen molar-refractivity contribution in [2.24, 2.45) is 0 Å². The molecule has 1 rings (SSSR count). The molecule has 0 bridgehead atoms. The van der Waals surface area contributed by atoms with Crippen molar-refractivity contribution >= 4 is 28.4 Å². The zero-order valence-electron chi connectivity index (χ0n) is 9.78. The van der Waals surface area contributed by atoms with Gasteiger partial charge in [0.1, 0.15) is 6.23 Å². The SMILES string of the molecule is CCN(CC)C(O)c1c(Cl)cccc1C(=O)Cl. The Labute approximate surface area is 111 Å². The quantitative estimate of drug-likeness (QED) is 0.663. The lowest BCUT2D eigenvalue weighted by Crippen LogP contribution is -2.29. The molecule has 1 aromatic rings. The lowest BCUT2D eigenvalue weighted by atomic mass is 10.1.